The van der Waals surface area contributed by atoms with Gasteiger partial charge in [0.2, 0.25) is 0 Å². The molecular formula is C90H100S2. The van der Waals surface area contributed by atoms with Gasteiger partial charge in [0.15, 0.2) is 0 Å². The molecule has 10 aromatic rings. The van der Waals surface area contributed by atoms with E-state index >= 15 is 0 Å². The molecule has 0 amide bonds. The van der Waals surface area contributed by atoms with Crippen molar-refractivity contribution in [1.82, 2.24) is 0 Å². The Balaban J connectivity index is 0.860. The van der Waals surface area contributed by atoms with Gasteiger partial charge in [-0.1, -0.05) is 279 Å². The van der Waals surface area contributed by atoms with Crippen LogP contribution in [0, 0.1) is 0 Å². The van der Waals surface area contributed by atoms with Crippen molar-refractivity contribution in [1.29, 1.82) is 0 Å². The van der Waals surface area contributed by atoms with Crippen LogP contribution in [0.4, 0.5) is 0 Å². The summed E-state index contributed by atoms with van der Waals surface area (Å²) >= 11 is 4.04. The smallest absolute Gasteiger partial charge is 0.0463 e. The second-order valence-electron chi connectivity index (χ2n) is 28.8. The molecule has 0 saturated carbocycles. The Morgan fingerprint density at radius 3 is 0.804 bits per heavy atom. The Morgan fingerprint density at radius 2 is 0.489 bits per heavy atom. The van der Waals surface area contributed by atoms with Gasteiger partial charge < -0.3 is 0 Å². The van der Waals surface area contributed by atoms with Crippen molar-refractivity contribution in [3.05, 3.63) is 214 Å². The van der Waals surface area contributed by atoms with Crippen LogP contribution in [0.1, 0.15) is 254 Å². The maximum absolute atomic E-state index is 2.83. The summed E-state index contributed by atoms with van der Waals surface area (Å²) in [5, 5.41) is 0. The van der Waals surface area contributed by atoms with Crippen molar-refractivity contribution in [2.24, 2.45) is 0 Å². The Hall–Kier alpha value is -6.58. The summed E-state index contributed by atoms with van der Waals surface area (Å²) in [6.07, 6.45) is 29.3. The van der Waals surface area contributed by atoms with Gasteiger partial charge in [-0.2, -0.15) is 0 Å². The number of fused-ring (bicyclic) bond motifs is 13. The fourth-order valence-electron chi connectivity index (χ4n) is 18.5. The number of unbranched alkanes of at least 4 members (excludes halogenated alkanes) is 8. The van der Waals surface area contributed by atoms with Crippen LogP contribution in [-0.4, -0.2) is 0 Å². The number of hydrogen-bond acceptors (Lipinski definition) is 2. The van der Waals surface area contributed by atoms with E-state index in [2.05, 4.69) is 225 Å². The summed E-state index contributed by atoms with van der Waals surface area (Å²) in [4.78, 5) is 2.81. The van der Waals surface area contributed by atoms with Crippen LogP contribution >= 0.6 is 22.7 Å². The molecule has 14 rings (SSSR count). The van der Waals surface area contributed by atoms with Crippen LogP contribution in [0.5, 0.6) is 0 Å². The second kappa shape index (κ2) is 26.3. The van der Waals surface area contributed by atoms with Gasteiger partial charge in [-0.3, -0.25) is 0 Å². The van der Waals surface area contributed by atoms with E-state index in [9.17, 15) is 0 Å². The first kappa shape index (κ1) is 62.8. The van der Waals surface area contributed by atoms with E-state index in [1.54, 1.807) is 44.5 Å². The van der Waals surface area contributed by atoms with Gasteiger partial charge in [0.1, 0.15) is 0 Å². The van der Waals surface area contributed by atoms with Crippen LogP contribution in [0.15, 0.2) is 170 Å². The normalized spacial score (nSPS) is 15.3. The molecule has 0 spiro atoms. The lowest BCUT2D eigenvalue weighted by molar-refractivity contribution is 0.404. The standard InChI is InChI=1S/C90H100S2/c1-9-17-43-87(44-18-10-2)75-41-37-63(61-31-27-25-28-32-61)51-69(75)73-55-71-67-39-35-65(53-77(67)89(47-21-13-5,48-22-14-6)79(71)57-81(73)87)83-59-85-86(91-83)60-84(92-85)66-36-40-68-72-56-74-70-52-64(62-33-29-26-30-34-62)38-42-76(70)88(45-19-11-3,46-20-12-4)82(74)58-80(72)90(49-23-15-7,50-24-16-8)78(68)54-66/h25-42,51-60H,9-24,43-50H2,1-8H3. The minimum atomic E-state index is -0.0187. The van der Waals surface area contributed by atoms with Gasteiger partial charge in [0.05, 0.1) is 0 Å². The SMILES string of the molecule is CCCCC1(CCCC)c2ccc(-c3ccccc3)cc2-c2cc3c(cc21)C(CCCC)(CCCC)c1cc(-c2cc4sc(-c5ccc6c(c5)C(CCCC)(CCCC)c5cc7c(cc5-6)-c5cc(-c6ccccc6)ccc5C7(CCCC)CCCC)cc4s2)ccc1-3. The molecule has 472 valence electrons. The molecule has 0 saturated heterocycles. The van der Waals surface area contributed by atoms with Crippen LogP contribution < -0.4 is 0 Å². The molecule has 0 aliphatic heterocycles. The van der Waals surface area contributed by atoms with E-state index in [1.165, 1.54) is 251 Å². The number of benzene rings is 8. The zero-order valence-electron chi connectivity index (χ0n) is 57.0. The average molecular weight is 1250 g/mol. The number of hydrogen-bond donors (Lipinski definition) is 0. The molecule has 2 heteroatoms. The Morgan fingerprint density at radius 1 is 0.217 bits per heavy atom. The minimum absolute atomic E-state index is 0.0187. The monoisotopic (exact) mass is 1240 g/mol. The fraction of sp³-hybridized carbons (Fsp3) is 0.400. The van der Waals surface area contributed by atoms with Gasteiger partial charge >= 0.3 is 0 Å². The lowest BCUT2D eigenvalue weighted by Gasteiger charge is -2.36. The average Bonchev–Trinajstić information content (AvgIpc) is 1.54. The molecular weight excluding hydrogens is 1150 g/mol. The Labute approximate surface area is 561 Å². The molecule has 2 aromatic heterocycles. The van der Waals surface area contributed by atoms with E-state index < -0.39 is 0 Å². The molecule has 8 aromatic carbocycles. The lowest BCUT2D eigenvalue weighted by atomic mass is 9.67. The third-order valence-electron chi connectivity index (χ3n) is 23.3. The van der Waals surface area contributed by atoms with Crippen molar-refractivity contribution in [2.45, 2.75) is 231 Å². The lowest BCUT2D eigenvalue weighted by Crippen LogP contribution is -2.28. The molecule has 4 aliphatic rings. The maximum atomic E-state index is 2.83. The largest absolute Gasteiger partial charge is 0.134 e. The molecule has 0 N–H and O–H groups in total. The van der Waals surface area contributed by atoms with Crippen LogP contribution in [-0.2, 0) is 21.7 Å². The summed E-state index contributed by atoms with van der Waals surface area (Å²) in [7, 11) is 0. The fourth-order valence-corrected chi connectivity index (χ4v) is 20.9. The van der Waals surface area contributed by atoms with E-state index in [0.717, 1.165) is 0 Å². The van der Waals surface area contributed by atoms with Crippen molar-refractivity contribution >= 4 is 32.1 Å². The van der Waals surface area contributed by atoms with Gasteiger partial charge in [0, 0.05) is 40.8 Å². The predicted octanol–water partition coefficient (Wildman–Crippen LogP) is 28.2. The van der Waals surface area contributed by atoms with E-state index in [-0.39, 0.29) is 21.7 Å². The Bertz CT molecular complexity index is 3960. The quantitative estimate of drug-likeness (QED) is 0.0458. The first-order valence-corrected chi connectivity index (χ1v) is 38.4. The van der Waals surface area contributed by atoms with Crippen LogP contribution in [0.3, 0.4) is 0 Å². The van der Waals surface area contributed by atoms with Gasteiger partial charge in [0.25, 0.3) is 0 Å². The van der Waals surface area contributed by atoms with Crippen molar-refractivity contribution < 1.29 is 0 Å². The highest BCUT2D eigenvalue weighted by atomic mass is 32.1. The number of thiophene rings is 2. The third-order valence-corrected chi connectivity index (χ3v) is 25.7. The highest BCUT2D eigenvalue weighted by Gasteiger charge is 2.50. The van der Waals surface area contributed by atoms with Crippen molar-refractivity contribution in [3.63, 3.8) is 0 Å². The molecule has 2 heterocycles. The first-order chi connectivity index (χ1) is 45.2. The van der Waals surface area contributed by atoms with Gasteiger partial charge in [-0.15, -0.1) is 22.7 Å². The molecule has 0 nitrogen and oxygen atoms in total. The summed E-state index contributed by atoms with van der Waals surface area (Å²) in [5.74, 6) is 0. The highest BCUT2D eigenvalue weighted by Crippen LogP contribution is 2.64. The summed E-state index contributed by atoms with van der Waals surface area (Å²) in [6, 6.07) is 69.1. The summed E-state index contributed by atoms with van der Waals surface area (Å²) < 4.78 is 2.83. The van der Waals surface area contributed by atoms with Crippen LogP contribution in [0.25, 0.3) is 97.0 Å². The zero-order chi connectivity index (χ0) is 63.2. The molecule has 0 bridgehead atoms. The predicted molar refractivity (Wildman–Crippen MR) is 403 cm³/mol. The van der Waals surface area contributed by atoms with E-state index in [4.69, 9.17) is 0 Å². The molecule has 0 radical (unpaired) electrons. The van der Waals surface area contributed by atoms with E-state index in [1.807, 2.05) is 22.7 Å². The molecule has 4 aliphatic carbocycles. The second-order valence-corrected chi connectivity index (χ2v) is 30.9. The van der Waals surface area contributed by atoms with Gasteiger partial charge in [-0.25, -0.2) is 0 Å². The molecule has 0 fully saturated rings. The highest BCUT2D eigenvalue weighted by molar-refractivity contribution is 7.31. The van der Waals surface area contributed by atoms with Gasteiger partial charge in [-0.05, 0) is 222 Å². The summed E-state index contributed by atoms with van der Waals surface area (Å²) in [5.41, 5.74) is 32.8. The van der Waals surface area contributed by atoms with E-state index in [0.29, 0.717) is 0 Å². The van der Waals surface area contributed by atoms with Crippen LogP contribution in [0.2, 0.25) is 0 Å². The maximum Gasteiger partial charge on any atom is 0.0463 e. The molecule has 0 atom stereocenters. The Kier molecular flexibility index (Phi) is 18.0. The topological polar surface area (TPSA) is 0 Å². The van der Waals surface area contributed by atoms with Crippen molar-refractivity contribution in [3.8, 4) is 87.6 Å². The first-order valence-electron chi connectivity index (χ1n) is 36.8. The zero-order valence-corrected chi connectivity index (χ0v) is 58.6. The number of rotatable bonds is 28. The third kappa shape index (κ3) is 10.4. The summed E-state index contributed by atoms with van der Waals surface area (Å²) in [6.45, 7) is 19.2. The molecule has 92 heavy (non-hydrogen) atoms. The molecule has 0 unspecified atom stereocenters. The minimum Gasteiger partial charge on any atom is -0.134 e. The van der Waals surface area contributed by atoms with Crippen molar-refractivity contribution in [2.75, 3.05) is 0 Å².